The van der Waals surface area contributed by atoms with Crippen LogP contribution in [0, 0.1) is 0 Å². The summed E-state index contributed by atoms with van der Waals surface area (Å²) in [6, 6.07) is 0. The van der Waals surface area contributed by atoms with E-state index >= 15 is 0 Å². The molecule has 0 saturated carbocycles. The molecular weight excluding hydrogens is 937 g/mol. The zero-order valence-electron chi connectivity index (χ0n) is 49.0. The molecule has 0 N–H and O–H groups in total. The zero-order valence-corrected chi connectivity index (χ0v) is 49.0. The Morgan fingerprint density at radius 2 is 0.513 bits per heavy atom. The monoisotopic (exact) mass is 1050 g/mol. The fourth-order valence-corrected chi connectivity index (χ4v) is 7.97. The van der Waals surface area contributed by atoms with Gasteiger partial charge in [0.15, 0.2) is 6.10 Å². The summed E-state index contributed by atoms with van der Waals surface area (Å²) in [7, 11) is 0. The van der Waals surface area contributed by atoms with E-state index in [2.05, 4.69) is 167 Å². The van der Waals surface area contributed by atoms with Gasteiger partial charge in [-0.25, -0.2) is 0 Å². The van der Waals surface area contributed by atoms with Gasteiger partial charge in [0.2, 0.25) is 0 Å². The van der Waals surface area contributed by atoms with Gasteiger partial charge in [-0.2, -0.15) is 0 Å². The lowest BCUT2D eigenvalue weighted by Gasteiger charge is -2.18. The first-order valence-corrected chi connectivity index (χ1v) is 30.8. The maximum atomic E-state index is 12.8. The van der Waals surface area contributed by atoms with E-state index in [0.29, 0.717) is 19.3 Å². The lowest BCUT2D eigenvalue weighted by molar-refractivity contribution is -0.167. The predicted molar refractivity (Wildman–Crippen MR) is 329 cm³/mol. The topological polar surface area (TPSA) is 78.9 Å². The highest BCUT2D eigenvalue weighted by Crippen LogP contribution is 2.14. The maximum Gasteiger partial charge on any atom is 0.306 e. The van der Waals surface area contributed by atoms with E-state index in [9.17, 15) is 14.4 Å². The molecule has 0 rings (SSSR count). The Bertz CT molecular complexity index is 1680. The Labute approximate surface area is 467 Å². The molecule has 1 atom stereocenters. The average molecular weight is 1050 g/mol. The summed E-state index contributed by atoms with van der Waals surface area (Å²) in [5, 5.41) is 0. The smallest absolute Gasteiger partial charge is 0.306 e. The molecule has 6 nitrogen and oxygen atoms in total. The highest BCUT2D eigenvalue weighted by Gasteiger charge is 2.19. The van der Waals surface area contributed by atoms with E-state index in [4.69, 9.17) is 14.2 Å². The number of unbranched alkanes of at least 4 members (excludes halogenated alkanes) is 19. The standard InChI is InChI=1S/C70H112O6/c1-4-7-10-13-16-19-21-23-25-27-29-30-31-32-33-34-35-36-37-38-39-40-42-43-45-47-49-51-54-57-60-63-69(72)75-66-67(65-74-68(71)62-59-56-53-18-15-12-9-6-3)76-70(73)64-61-58-55-52-50-48-46-44-41-28-26-24-22-20-17-14-11-8-5-2/h7,10,16-17,19-20,23-26,29-30,32-33,35-36,38-39,41-44,47,49,67H,4-6,8-9,11-15,18,21-22,27-28,31,34,37,40,45-46,48,50-66H2,1-3H3/b10-7-,19-16-,20-17-,25-23-,26-24-,30-29-,33-32-,36-35-,39-38-,43-42-,44-41-,49-47-. The molecule has 0 aromatic rings. The molecule has 0 amide bonds. The highest BCUT2D eigenvalue weighted by atomic mass is 16.6. The van der Waals surface area contributed by atoms with Crippen molar-refractivity contribution in [3.63, 3.8) is 0 Å². The van der Waals surface area contributed by atoms with Crippen LogP contribution in [0.3, 0.4) is 0 Å². The summed E-state index contributed by atoms with van der Waals surface area (Å²) >= 11 is 0. The van der Waals surface area contributed by atoms with Crippen molar-refractivity contribution in [3.05, 3.63) is 146 Å². The summed E-state index contributed by atoms with van der Waals surface area (Å²) in [6.45, 7) is 6.42. The molecule has 0 saturated heterocycles. The van der Waals surface area contributed by atoms with Crippen LogP contribution in [-0.2, 0) is 28.6 Å². The first-order valence-electron chi connectivity index (χ1n) is 30.8. The molecular formula is C70H112O6. The van der Waals surface area contributed by atoms with Crippen LogP contribution in [0.25, 0.3) is 0 Å². The molecule has 1 unspecified atom stereocenters. The fourth-order valence-electron chi connectivity index (χ4n) is 7.97. The molecule has 0 radical (unpaired) electrons. The lowest BCUT2D eigenvalue weighted by atomic mass is 10.1. The molecule has 0 heterocycles. The van der Waals surface area contributed by atoms with Gasteiger partial charge in [-0.15, -0.1) is 0 Å². The minimum Gasteiger partial charge on any atom is -0.462 e. The van der Waals surface area contributed by atoms with Gasteiger partial charge in [0, 0.05) is 19.3 Å². The van der Waals surface area contributed by atoms with Crippen molar-refractivity contribution in [2.24, 2.45) is 0 Å². The third-order valence-corrected chi connectivity index (χ3v) is 12.6. The van der Waals surface area contributed by atoms with Crippen LogP contribution in [0.15, 0.2) is 146 Å². The maximum absolute atomic E-state index is 12.8. The van der Waals surface area contributed by atoms with Gasteiger partial charge in [0.25, 0.3) is 0 Å². The summed E-state index contributed by atoms with van der Waals surface area (Å²) in [4.78, 5) is 38.1. The third kappa shape index (κ3) is 60.2. The first-order chi connectivity index (χ1) is 37.5. The molecule has 0 spiro atoms. The first kappa shape index (κ1) is 71.3. The summed E-state index contributed by atoms with van der Waals surface area (Å²) in [6.07, 6.45) is 90.0. The summed E-state index contributed by atoms with van der Waals surface area (Å²) < 4.78 is 16.8. The van der Waals surface area contributed by atoms with Crippen molar-refractivity contribution in [2.45, 2.75) is 264 Å². The zero-order chi connectivity index (χ0) is 55.0. The summed E-state index contributed by atoms with van der Waals surface area (Å²) in [5.41, 5.74) is 0. The van der Waals surface area contributed by atoms with Crippen molar-refractivity contribution >= 4 is 17.9 Å². The molecule has 0 aromatic heterocycles. The van der Waals surface area contributed by atoms with E-state index in [-0.39, 0.29) is 31.1 Å². The number of carbonyl (C=O) groups excluding carboxylic acids is 3. The second kappa shape index (κ2) is 62.8. The Balaban J connectivity index is 4.32. The minimum atomic E-state index is -0.803. The third-order valence-electron chi connectivity index (χ3n) is 12.6. The molecule has 0 bridgehead atoms. The largest absolute Gasteiger partial charge is 0.462 e. The lowest BCUT2D eigenvalue weighted by Crippen LogP contribution is -2.30. The number of esters is 3. The molecule has 0 aliphatic carbocycles. The van der Waals surface area contributed by atoms with Crippen molar-refractivity contribution in [3.8, 4) is 0 Å². The Kier molecular flexibility index (Phi) is 58.9. The highest BCUT2D eigenvalue weighted by molar-refractivity contribution is 5.71. The number of rotatable bonds is 54. The van der Waals surface area contributed by atoms with Crippen molar-refractivity contribution in [2.75, 3.05) is 13.2 Å². The van der Waals surface area contributed by atoms with Gasteiger partial charge in [-0.3, -0.25) is 14.4 Å². The van der Waals surface area contributed by atoms with Gasteiger partial charge in [0.05, 0.1) is 0 Å². The number of hydrogen-bond donors (Lipinski definition) is 0. The van der Waals surface area contributed by atoms with Gasteiger partial charge in [0.1, 0.15) is 13.2 Å². The van der Waals surface area contributed by atoms with E-state index < -0.39 is 6.10 Å². The molecule has 76 heavy (non-hydrogen) atoms. The van der Waals surface area contributed by atoms with E-state index in [1.54, 1.807) is 0 Å². The molecule has 428 valence electrons. The van der Waals surface area contributed by atoms with Crippen LogP contribution in [0.5, 0.6) is 0 Å². The van der Waals surface area contributed by atoms with Crippen LogP contribution in [0.2, 0.25) is 0 Å². The fraction of sp³-hybridized carbons (Fsp3) is 0.614. The molecule has 0 aromatic carbocycles. The number of ether oxygens (including phenoxy) is 3. The SMILES string of the molecule is CC/C=C\C/C=C\C/C=C\C/C=C\C/C=C\C/C=C\C/C=C\C/C=C\C/C=C\CCCCCC(=O)OCC(COC(=O)CCCCCCCCCC)OC(=O)CCCCCCCC/C=C\C/C=C\C/C=C\CCCCC. The molecule has 0 fully saturated rings. The van der Waals surface area contributed by atoms with Gasteiger partial charge < -0.3 is 14.2 Å². The van der Waals surface area contributed by atoms with Crippen LogP contribution in [0.1, 0.15) is 258 Å². The quantitative estimate of drug-likeness (QED) is 0.0261. The Morgan fingerprint density at radius 1 is 0.276 bits per heavy atom. The molecule has 6 heteroatoms. The van der Waals surface area contributed by atoms with E-state index in [1.807, 2.05) is 0 Å². The van der Waals surface area contributed by atoms with Crippen LogP contribution in [0.4, 0.5) is 0 Å². The van der Waals surface area contributed by atoms with Gasteiger partial charge in [-0.1, -0.05) is 256 Å². The minimum absolute atomic E-state index is 0.0978. The number of hydrogen-bond acceptors (Lipinski definition) is 6. The normalized spacial score (nSPS) is 13.1. The second-order valence-electron chi connectivity index (χ2n) is 19.9. The predicted octanol–water partition coefficient (Wildman–Crippen LogP) is 21.2. The summed E-state index contributed by atoms with van der Waals surface area (Å²) in [5.74, 6) is -0.953. The number of allylic oxidation sites excluding steroid dienone is 24. The Morgan fingerprint density at radius 3 is 0.842 bits per heavy atom. The van der Waals surface area contributed by atoms with E-state index in [0.717, 1.165) is 148 Å². The van der Waals surface area contributed by atoms with Crippen LogP contribution >= 0.6 is 0 Å². The van der Waals surface area contributed by atoms with Crippen molar-refractivity contribution < 1.29 is 28.6 Å². The second-order valence-corrected chi connectivity index (χ2v) is 19.9. The van der Waals surface area contributed by atoms with Crippen molar-refractivity contribution in [1.82, 2.24) is 0 Å². The average Bonchev–Trinajstić information content (AvgIpc) is 3.42. The molecule has 0 aliphatic heterocycles. The number of carbonyl (C=O) groups is 3. The van der Waals surface area contributed by atoms with Crippen molar-refractivity contribution in [1.29, 1.82) is 0 Å². The van der Waals surface area contributed by atoms with Gasteiger partial charge in [-0.05, 0) is 128 Å². The van der Waals surface area contributed by atoms with Crippen LogP contribution < -0.4 is 0 Å². The van der Waals surface area contributed by atoms with E-state index in [1.165, 1.54) is 70.6 Å². The Hall–Kier alpha value is -4.71. The van der Waals surface area contributed by atoms with Crippen LogP contribution in [-0.4, -0.2) is 37.2 Å². The van der Waals surface area contributed by atoms with Gasteiger partial charge >= 0.3 is 17.9 Å². The molecule has 0 aliphatic rings.